The molecular weight excluding hydrogens is 375 g/mol. The molecule has 2 aromatic carbocycles. The molecule has 0 amide bonds. The Morgan fingerprint density at radius 1 is 1.15 bits per heavy atom. The van der Waals surface area contributed by atoms with Crippen LogP contribution in [0.25, 0.3) is 16.9 Å². The predicted octanol–water partition coefficient (Wildman–Crippen LogP) is 5.46. The zero-order chi connectivity index (χ0) is 18.8. The molecule has 0 spiro atoms. The largest absolute Gasteiger partial charge is 0.476 e. The number of hydrogen-bond acceptors (Lipinski definition) is 3. The van der Waals surface area contributed by atoms with E-state index in [-0.39, 0.29) is 11.4 Å². The zero-order valence-electron chi connectivity index (χ0n) is 13.7. The first-order chi connectivity index (χ1) is 12.4. The molecule has 0 aliphatic heterocycles. The quantitative estimate of drug-likeness (QED) is 0.589. The Labute approximate surface area is 160 Å². The SMILES string of the molecule is C=C(C)Oc1c(C(=O)O)nn(-c2ccccc2Cl)c1-c1ccc(Cl)cc1. The first-order valence-corrected chi connectivity index (χ1v) is 8.34. The van der Waals surface area contributed by atoms with Gasteiger partial charge in [0.1, 0.15) is 5.69 Å². The molecule has 0 fully saturated rings. The molecule has 1 aromatic heterocycles. The van der Waals surface area contributed by atoms with Crippen LogP contribution in [0, 0.1) is 0 Å². The Kier molecular flexibility index (Phi) is 5.02. The van der Waals surface area contributed by atoms with Crippen molar-refractivity contribution in [2.24, 2.45) is 0 Å². The number of hydrogen-bond donors (Lipinski definition) is 1. The Morgan fingerprint density at radius 2 is 1.81 bits per heavy atom. The summed E-state index contributed by atoms with van der Waals surface area (Å²) in [4.78, 5) is 11.7. The lowest BCUT2D eigenvalue weighted by atomic mass is 10.1. The summed E-state index contributed by atoms with van der Waals surface area (Å²) in [6, 6.07) is 13.9. The van der Waals surface area contributed by atoms with E-state index in [1.807, 2.05) is 0 Å². The maximum atomic E-state index is 11.7. The minimum absolute atomic E-state index is 0.0900. The van der Waals surface area contributed by atoms with E-state index in [4.69, 9.17) is 27.9 Å². The summed E-state index contributed by atoms with van der Waals surface area (Å²) >= 11 is 12.3. The number of ether oxygens (including phenoxy) is 1. The lowest BCUT2D eigenvalue weighted by Gasteiger charge is -2.12. The van der Waals surface area contributed by atoms with Gasteiger partial charge in [0.05, 0.1) is 16.5 Å². The Morgan fingerprint density at radius 3 is 2.38 bits per heavy atom. The fourth-order valence-corrected chi connectivity index (χ4v) is 2.82. The molecule has 7 heteroatoms. The molecule has 0 saturated carbocycles. The highest BCUT2D eigenvalue weighted by molar-refractivity contribution is 6.32. The minimum Gasteiger partial charge on any atom is -0.476 e. The number of benzene rings is 2. The van der Waals surface area contributed by atoms with Crippen LogP contribution in [0.3, 0.4) is 0 Å². The van der Waals surface area contributed by atoms with E-state index < -0.39 is 5.97 Å². The molecule has 1 heterocycles. The number of carbonyl (C=O) groups is 1. The number of rotatable bonds is 5. The van der Waals surface area contributed by atoms with E-state index in [9.17, 15) is 9.90 Å². The molecule has 132 valence electrons. The molecule has 0 aliphatic rings. The smallest absolute Gasteiger partial charge is 0.360 e. The third-order valence-electron chi connectivity index (χ3n) is 3.52. The molecule has 0 unspecified atom stereocenters. The fourth-order valence-electron chi connectivity index (χ4n) is 2.47. The first-order valence-electron chi connectivity index (χ1n) is 7.59. The summed E-state index contributed by atoms with van der Waals surface area (Å²) in [5, 5.41) is 14.8. The maximum absolute atomic E-state index is 11.7. The van der Waals surface area contributed by atoms with Gasteiger partial charge in [0.2, 0.25) is 5.69 Å². The van der Waals surface area contributed by atoms with Crippen LogP contribution < -0.4 is 4.74 Å². The van der Waals surface area contributed by atoms with E-state index in [0.29, 0.717) is 32.7 Å². The minimum atomic E-state index is -1.22. The van der Waals surface area contributed by atoms with Crippen molar-refractivity contribution in [2.45, 2.75) is 6.92 Å². The van der Waals surface area contributed by atoms with Crippen LogP contribution in [0.4, 0.5) is 0 Å². The molecule has 0 bridgehead atoms. The summed E-state index contributed by atoms with van der Waals surface area (Å²) < 4.78 is 7.08. The number of halogens is 2. The second kappa shape index (κ2) is 7.23. The van der Waals surface area contributed by atoms with Crippen molar-refractivity contribution in [3.8, 4) is 22.7 Å². The van der Waals surface area contributed by atoms with Gasteiger partial charge < -0.3 is 9.84 Å². The summed E-state index contributed by atoms with van der Waals surface area (Å²) in [6.45, 7) is 5.33. The van der Waals surface area contributed by atoms with Crippen LogP contribution in [0.15, 0.2) is 60.9 Å². The lowest BCUT2D eigenvalue weighted by molar-refractivity contribution is 0.0687. The zero-order valence-corrected chi connectivity index (χ0v) is 15.3. The van der Waals surface area contributed by atoms with Crippen molar-refractivity contribution in [3.63, 3.8) is 0 Å². The van der Waals surface area contributed by atoms with Gasteiger partial charge in [-0.2, -0.15) is 5.10 Å². The van der Waals surface area contributed by atoms with Crippen LogP contribution in [0.2, 0.25) is 10.0 Å². The van der Waals surface area contributed by atoms with Crippen molar-refractivity contribution in [3.05, 3.63) is 76.6 Å². The highest BCUT2D eigenvalue weighted by Crippen LogP contribution is 2.38. The molecule has 3 rings (SSSR count). The van der Waals surface area contributed by atoms with Crippen LogP contribution in [0.1, 0.15) is 17.4 Å². The van der Waals surface area contributed by atoms with E-state index in [2.05, 4.69) is 11.7 Å². The number of allylic oxidation sites excluding steroid dienone is 1. The van der Waals surface area contributed by atoms with Crippen molar-refractivity contribution >= 4 is 29.2 Å². The Balaban J connectivity index is 2.36. The van der Waals surface area contributed by atoms with E-state index in [1.165, 1.54) is 4.68 Å². The first kappa shape index (κ1) is 18.0. The van der Waals surface area contributed by atoms with Gasteiger partial charge in [-0.1, -0.05) is 54.0 Å². The van der Waals surface area contributed by atoms with Crippen LogP contribution in [-0.2, 0) is 0 Å². The number of carboxylic acid groups (broad SMARTS) is 1. The van der Waals surface area contributed by atoms with Crippen molar-refractivity contribution < 1.29 is 14.6 Å². The van der Waals surface area contributed by atoms with Crippen molar-refractivity contribution in [1.29, 1.82) is 0 Å². The van der Waals surface area contributed by atoms with Crippen LogP contribution in [-0.4, -0.2) is 20.9 Å². The molecule has 1 N–H and O–H groups in total. The number of carboxylic acids is 1. The lowest BCUT2D eigenvalue weighted by Crippen LogP contribution is -2.03. The second-order valence-electron chi connectivity index (χ2n) is 5.51. The Bertz CT molecular complexity index is 995. The van der Waals surface area contributed by atoms with Crippen LogP contribution in [0.5, 0.6) is 5.75 Å². The maximum Gasteiger partial charge on any atom is 0.360 e. The van der Waals surface area contributed by atoms with E-state index >= 15 is 0 Å². The van der Waals surface area contributed by atoms with Gasteiger partial charge in [-0.3, -0.25) is 0 Å². The average molecular weight is 389 g/mol. The van der Waals surface area contributed by atoms with Crippen molar-refractivity contribution in [1.82, 2.24) is 9.78 Å². The second-order valence-corrected chi connectivity index (χ2v) is 6.35. The summed E-state index contributed by atoms with van der Waals surface area (Å²) in [5.41, 5.74) is 1.40. The van der Waals surface area contributed by atoms with Gasteiger partial charge in [-0.05, 0) is 31.2 Å². The molecule has 0 radical (unpaired) electrons. The number of aromatic carboxylic acids is 1. The third-order valence-corrected chi connectivity index (χ3v) is 4.09. The number of aromatic nitrogens is 2. The standard InChI is InChI=1S/C19H14Cl2N2O3/c1-11(2)26-18-16(19(24)25)22-23(15-6-4-3-5-14(15)21)17(18)12-7-9-13(20)10-8-12/h3-10H,1H2,2H3,(H,24,25). The summed E-state index contributed by atoms with van der Waals surface area (Å²) in [7, 11) is 0. The van der Waals surface area contributed by atoms with Crippen molar-refractivity contribution in [2.75, 3.05) is 0 Å². The van der Waals surface area contributed by atoms with Gasteiger partial charge in [0.25, 0.3) is 0 Å². The number of nitrogens with zero attached hydrogens (tertiary/aromatic N) is 2. The van der Waals surface area contributed by atoms with Gasteiger partial charge in [-0.25, -0.2) is 9.48 Å². The monoisotopic (exact) mass is 388 g/mol. The highest BCUT2D eigenvalue weighted by atomic mass is 35.5. The van der Waals surface area contributed by atoms with E-state index in [1.54, 1.807) is 55.5 Å². The van der Waals surface area contributed by atoms with Gasteiger partial charge in [0.15, 0.2) is 5.75 Å². The Hall–Kier alpha value is -2.76. The van der Waals surface area contributed by atoms with Gasteiger partial charge in [-0.15, -0.1) is 0 Å². The molecule has 0 aliphatic carbocycles. The van der Waals surface area contributed by atoms with Gasteiger partial charge in [0, 0.05) is 10.6 Å². The molecule has 0 saturated heterocycles. The summed E-state index contributed by atoms with van der Waals surface area (Å²) in [6.07, 6.45) is 0. The highest BCUT2D eigenvalue weighted by Gasteiger charge is 2.27. The average Bonchev–Trinajstić information content (AvgIpc) is 2.94. The molecular formula is C19H14Cl2N2O3. The normalized spacial score (nSPS) is 10.6. The fraction of sp³-hybridized carbons (Fsp3) is 0.0526. The number of para-hydroxylation sites is 1. The topological polar surface area (TPSA) is 64.3 Å². The summed E-state index contributed by atoms with van der Waals surface area (Å²) in [5.74, 6) is -0.795. The van der Waals surface area contributed by atoms with E-state index in [0.717, 1.165) is 0 Å². The van der Waals surface area contributed by atoms with Gasteiger partial charge >= 0.3 is 5.97 Å². The predicted molar refractivity (Wildman–Crippen MR) is 101 cm³/mol. The molecule has 5 nitrogen and oxygen atoms in total. The molecule has 0 atom stereocenters. The third kappa shape index (κ3) is 3.45. The molecule has 3 aromatic rings. The van der Waals surface area contributed by atoms with Crippen LogP contribution >= 0.6 is 23.2 Å². The molecule has 26 heavy (non-hydrogen) atoms.